The molecule has 1 N–H and O–H groups in total. The number of nitrogens with one attached hydrogen (secondary N) is 1. The van der Waals surface area contributed by atoms with Crippen molar-refractivity contribution in [1.29, 1.82) is 0 Å². The molecule has 0 aliphatic carbocycles. The van der Waals surface area contributed by atoms with Crippen LogP contribution in [0.15, 0.2) is 59.9 Å². The Kier molecular flexibility index (Phi) is 7.12. The number of benzene rings is 2. The summed E-state index contributed by atoms with van der Waals surface area (Å²) in [6.45, 7) is 1.69. The van der Waals surface area contributed by atoms with Crippen LogP contribution in [-0.4, -0.2) is 33.8 Å². The normalized spacial score (nSPS) is 11.7. The number of hydrogen-bond acceptors (Lipinski definition) is 5. The van der Waals surface area contributed by atoms with Crippen molar-refractivity contribution >= 4 is 35.2 Å². The molecule has 3 aromatic rings. The average Bonchev–Trinajstić information content (AvgIpc) is 3.17. The van der Waals surface area contributed by atoms with Crippen LogP contribution < -0.4 is 5.32 Å². The van der Waals surface area contributed by atoms with Crippen molar-refractivity contribution in [3.05, 3.63) is 76.8 Å². The van der Waals surface area contributed by atoms with E-state index < -0.39 is 23.8 Å². The van der Waals surface area contributed by atoms with Gasteiger partial charge in [0.25, 0.3) is 5.91 Å². The second-order valence-corrected chi connectivity index (χ2v) is 7.48. The molecule has 3 rings (SSSR count). The zero-order chi connectivity index (χ0) is 21.7. The summed E-state index contributed by atoms with van der Waals surface area (Å²) in [5.41, 5.74) is 1.45. The molecule has 0 fully saturated rings. The monoisotopic (exact) mass is 447 g/mol. The van der Waals surface area contributed by atoms with Gasteiger partial charge in [-0.3, -0.25) is 9.36 Å². The molecule has 2 aromatic carbocycles. The van der Waals surface area contributed by atoms with Crippen molar-refractivity contribution in [2.75, 3.05) is 6.26 Å². The summed E-state index contributed by atoms with van der Waals surface area (Å²) in [4.78, 5) is 29.3. The van der Waals surface area contributed by atoms with Crippen LogP contribution in [0.3, 0.4) is 0 Å². The number of hydrogen-bond donors (Lipinski definition) is 1. The molecule has 1 heterocycles. The van der Waals surface area contributed by atoms with Gasteiger partial charge in [0.15, 0.2) is 17.0 Å². The average molecular weight is 448 g/mol. The maximum absolute atomic E-state index is 13.3. The van der Waals surface area contributed by atoms with Gasteiger partial charge >= 0.3 is 5.97 Å². The van der Waals surface area contributed by atoms with E-state index in [0.29, 0.717) is 15.9 Å². The lowest BCUT2D eigenvalue weighted by molar-refractivity contribution is -0.129. The third-order valence-corrected chi connectivity index (χ3v) is 5.29. The lowest BCUT2D eigenvalue weighted by Gasteiger charge is -2.15. The number of amides is 1. The van der Waals surface area contributed by atoms with Crippen LogP contribution in [0.2, 0.25) is 5.02 Å². The molecular weight excluding hydrogens is 429 g/mol. The number of esters is 1. The molecule has 9 heteroatoms. The minimum absolute atomic E-state index is 0.136. The molecule has 6 nitrogen and oxygen atoms in total. The SMILES string of the molecule is CSc1ncc(C(=O)OC(C)C(=O)NCc2ccccc2Cl)n1-c1ccc(F)cc1. The summed E-state index contributed by atoms with van der Waals surface area (Å²) in [5, 5.41) is 3.77. The molecular formula is C21H19ClFN3O3S. The van der Waals surface area contributed by atoms with Gasteiger partial charge in [0, 0.05) is 17.3 Å². The predicted molar refractivity (Wildman–Crippen MR) is 113 cm³/mol. The summed E-state index contributed by atoms with van der Waals surface area (Å²) in [6.07, 6.45) is 2.14. The lowest BCUT2D eigenvalue weighted by atomic mass is 10.2. The Morgan fingerprint density at radius 1 is 1.23 bits per heavy atom. The van der Waals surface area contributed by atoms with E-state index in [9.17, 15) is 14.0 Å². The lowest BCUT2D eigenvalue weighted by Crippen LogP contribution is -2.35. The Hall–Kier alpha value is -2.84. The zero-order valence-corrected chi connectivity index (χ0v) is 17.8. The number of imidazole rings is 1. The predicted octanol–water partition coefficient (Wildman–Crippen LogP) is 4.25. The Balaban J connectivity index is 1.71. The molecule has 156 valence electrons. The second-order valence-electron chi connectivity index (χ2n) is 6.30. The summed E-state index contributed by atoms with van der Waals surface area (Å²) in [6, 6.07) is 12.8. The van der Waals surface area contributed by atoms with Gasteiger partial charge in [0.05, 0.1) is 6.20 Å². The fourth-order valence-electron chi connectivity index (χ4n) is 2.70. The number of ether oxygens (including phenoxy) is 1. The summed E-state index contributed by atoms with van der Waals surface area (Å²) in [5.74, 6) is -1.56. The number of carbonyl (C=O) groups excluding carboxylic acids is 2. The standard InChI is InChI=1S/C21H19ClFN3O3S/c1-13(19(27)24-11-14-5-3-4-6-17(14)22)29-20(28)18-12-25-21(30-2)26(18)16-9-7-15(23)8-10-16/h3-10,12-13H,11H2,1-2H3,(H,24,27). The van der Waals surface area contributed by atoms with Crippen LogP contribution in [0.4, 0.5) is 4.39 Å². The largest absolute Gasteiger partial charge is 0.448 e. The van der Waals surface area contributed by atoms with E-state index in [2.05, 4.69) is 10.3 Å². The van der Waals surface area contributed by atoms with E-state index in [1.807, 2.05) is 12.3 Å². The van der Waals surface area contributed by atoms with Crippen molar-refractivity contribution in [3.63, 3.8) is 0 Å². The van der Waals surface area contributed by atoms with E-state index in [1.165, 1.54) is 49.1 Å². The second kappa shape index (κ2) is 9.77. The van der Waals surface area contributed by atoms with Gasteiger partial charge in [-0.2, -0.15) is 0 Å². The third kappa shape index (κ3) is 5.01. The minimum atomic E-state index is -1.03. The number of carbonyl (C=O) groups is 2. The molecule has 0 saturated carbocycles. The van der Waals surface area contributed by atoms with Crippen LogP contribution in [-0.2, 0) is 16.1 Å². The van der Waals surface area contributed by atoms with E-state index in [1.54, 1.807) is 22.8 Å². The Morgan fingerprint density at radius 2 is 1.93 bits per heavy atom. The molecule has 1 unspecified atom stereocenters. The van der Waals surface area contributed by atoms with Gasteiger partial charge in [-0.15, -0.1) is 0 Å². The highest BCUT2D eigenvalue weighted by atomic mass is 35.5. The fraction of sp³-hybridized carbons (Fsp3) is 0.190. The maximum atomic E-state index is 13.3. The van der Waals surface area contributed by atoms with Crippen LogP contribution in [0, 0.1) is 5.82 Å². The molecule has 1 aromatic heterocycles. The van der Waals surface area contributed by atoms with E-state index >= 15 is 0 Å². The first-order chi connectivity index (χ1) is 14.4. The molecule has 0 aliphatic rings. The zero-order valence-electron chi connectivity index (χ0n) is 16.3. The molecule has 0 bridgehead atoms. The first-order valence-electron chi connectivity index (χ1n) is 9.00. The van der Waals surface area contributed by atoms with E-state index in [-0.39, 0.29) is 12.2 Å². The van der Waals surface area contributed by atoms with Crippen molar-refractivity contribution < 1.29 is 18.7 Å². The third-order valence-electron chi connectivity index (χ3n) is 4.27. The van der Waals surface area contributed by atoms with Crippen LogP contribution >= 0.6 is 23.4 Å². The number of aromatic nitrogens is 2. The minimum Gasteiger partial charge on any atom is -0.448 e. The Labute approximate surface area is 182 Å². The van der Waals surface area contributed by atoms with Crippen molar-refractivity contribution in [2.45, 2.75) is 24.7 Å². The summed E-state index contributed by atoms with van der Waals surface area (Å²) in [7, 11) is 0. The highest BCUT2D eigenvalue weighted by Gasteiger charge is 2.24. The highest BCUT2D eigenvalue weighted by molar-refractivity contribution is 7.98. The van der Waals surface area contributed by atoms with E-state index in [4.69, 9.17) is 16.3 Å². The van der Waals surface area contributed by atoms with Gasteiger partial charge in [0.1, 0.15) is 5.82 Å². The van der Waals surface area contributed by atoms with Crippen LogP contribution in [0.25, 0.3) is 5.69 Å². The summed E-state index contributed by atoms with van der Waals surface area (Å²) < 4.78 is 20.2. The molecule has 0 aliphatic heterocycles. The number of halogens is 2. The molecule has 0 saturated heterocycles. The van der Waals surface area contributed by atoms with Gasteiger partial charge in [-0.05, 0) is 49.1 Å². The molecule has 0 spiro atoms. The van der Waals surface area contributed by atoms with Gasteiger partial charge < -0.3 is 10.1 Å². The Bertz CT molecular complexity index is 1060. The van der Waals surface area contributed by atoms with Gasteiger partial charge in [-0.25, -0.2) is 14.2 Å². The Morgan fingerprint density at radius 3 is 2.60 bits per heavy atom. The number of thioether (sulfide) groups is 1. The number of rotatable bonds is 7. The first kappa shape index (κ1) is 21.9. The molecule has 1 amide bonds. The van der Waals surface area contributed by atoms with Crippen molar-refractivity contribution in [3.8, 4) is 5.69 Å². The van der Waals surface area contributed by atoms with Crippen LogP contribution in [0.1, 0.15) is 23.0 Å². The summed E-state index contributed by atoms with van der Waals surface area (Å²) >= 11 is 7.40. The molecule has 30 heavy (non-hydrogen) atoms. The molecule has 1 atom stereocenters. The van der Waals surface area contributed by atoms with Gasteiger partial charge in [-0.1, -0.05) is 41.6 Å². The number of nitrogens with zero attached hydrogens (tertiary/aromatic N) is 2. The highest BCUT2D eigenvalue weighted by Crippen LogP contribution is 2.23. The van der Waals surface area contributed by atoms with Gasteiger partial charge in [0.2, 0.25) is 0 Å². The first-order valence-corrected chi connectivity index (χ1v) is 10.6. The van der Waals surface area contributed by atoms with Crippen molar-refractivity contribution in [1.82, 2.24) is 14.9 Å². The van der Waals surface area contributed by atoms with E-state index in [0.717, 1.165) is 5.56 Å². The smallest absolute Gasteiger partial charge is 0.357 e. The van der Waals surface area contributed by atoms with Crippen molar-refractivity contribution in [2.24, 2.45) is 0 Å². The fourth-order valence-corrected chi connectivity index (χ4v) is 3.45. The quantitative estimate of drug-likeness (QED) is 0.433. The maximum Gasteiger partial charge on any atom is 0.357 e. The molecule has 0 radical (unpaired) electrons. The topological polar surface area (TPSA) is 73.2 Å². The van der Waals surface area contributed by atoms with Crippen LogP contribution in [0.5, 0.6) is 0 Å².